The lowest BCUT2D eigenvalue weighted by Gasteiger charge is -2.26. The molecule has 1 aromatic rings. The molecule has 0 spiro atoms. The second kappa shape index (κ2) is 7.24. The third-order valence-electron chi connectivity index (χ3n) is 3.23. The van der Waals surface area contributed by atoms with Gasteiger partial charge in [-0.3, -0.25) is 4.79 Å². The molecule has 0 saturated heterocycles. The molecule has 0 aliphatic heterocycles. The SMILES string of the molecule is CC(C)CC(CNC(=O)c1cc(F)ccc1N)N(C)C. The monoisotopic (exact) mass is 281 g/mol. The molecule has 3 N–H and O–H groups in total. The van der Waals surface area contributed by atoms with E-state index in [1.54, 1.807) is 0 Å². The fourth-order valence-electron chi connectivity index (χ4n) is 2.05. The molecule has 1 aromatic carbocycles. The van der Waals surface area contributed by atoms with Crippen LogP contribution in [0.1, 0.15) is 30.6 Å². The largest absolute Gasteiger partial charge is 0.398 e. The van der Waals surface area contributed by atoms with Crippen molar-refractivity contribution in [1.29, 1.82) is 0 Å². The molecular weight excluding hydrogens is 257 g/mol. The number of halogens is 1. The fourth-order valence-corrected chi connectivity index (χ4v) is 2.05. The number of nitrogens with one attached hydrogen (secondary N) is 1. The summed E-state index contributed by atoms with van der Waals surface area (Å²) < 4.78 is 13.2. The molecule has 0 aromatic heterocycles. The van der Waals surface area contributed by atoms with Crippen molar-refractivity contribution in [3.63, 3.8) is 0 Å². The minimum Gasteiger partial charge on any atom is -0.398 e. The third kappa shape index (κ3) is 4.81. The Morgan fingerprint density at radius 2 is 2.05 bits per heavy atom. The molecule has 0 aliphatic carbocycles. The lowest BCUT2D eigenvalue weighted by atomic mass is 10.0. The van der Waals surface area contributed by atoms with E-state index in [-0.39, 0.29) is 23.2 Å². The van der Waals surface area contributed by atoms with Crippen molar-refractivity contribution in [2.24, 2.45) is 5.92 Å². The minimum absolute atomic E-state index is 0.187. The Morgan fingerprint density at radius 3 is 2.60 bits per heavy atom. The second-order valence-corrected chi connectivity index (χ2v) is 5.69. The van der Waals surface area contributed by atoms with Gasteiger partial charge in [0.15, 0.2) is 0 Å². The van der Waals surface area contributed by atoms with E-state index in [9.17, 15) is 9.18 Å². The van der Waals surface area contributed by atoms with Gasteiger partial charge in [-0.1, -0.05) is 13.8 Å². The summed E-state index contributed by atoms with van der Waals surface area (Å²) in [4.78, 5) is 14.1. The number of amides is 1. The normalized spacial score (nSPS) is 12.8. The average Bonchev–Trinajstić information content (AvgIpc) is 2.36. The summed E-state index contributed by atoms with van der Waals surface area (Å²) in [5, 5.41) is 2.83. The lowest BCUT2D eigenvalue weighted by molar-refractivity contribution is 0.0939. The van der Waals surface area contributed by atoms with Crippen LogP contribution in [0.25, 0.3) is 0 Å². The Hall–Kier alpha value is -1.62. The molecule has 0 heterocycles. The fraction of sp³-hybridized carbons (Fsp3) is 0.533. The predicted molar refractivity (Wildman–Crippen MR) is 80.1 cm³/mol. The number of nitrogens with zero attached hydrogens (tertiary/aromatic N) is 1. The molecule has 5 heteroatoms. The Labute approximate surface area is 120 Å². The van der Waals surface area contributed by atoms with E-state index in [0.717, 1.165) is 12.5 Å². The molecular formula is C15H24FN3O. The zero-order valence-corrected chi connectivity index (χ0v) is 12.6. The number of carbonyl (C=O) groups is 1. The number of nitrogen functional groups attached to an aromatic ring is 1. The summed E-state index contributed by atoms with van der Waals surface area (Å²) in [5.74, 6) is -0.258. The number of anilines is 1. The van der Waals surface area contributed by atoms with Crippen LogP contribution in [-0.2, 0) is 0 Å². The number of carbonyl (C=O) groups excluding carboxylic acids is 1. The van der Waals surface area contributed by atoms with Crippen molar-refractivity contribution >= 4 is 11.6 Å². The summed E-state index contributed by atoms with van der Waals surface area (Å²) >= 11 is 0. The highest BCUT2D eigenvalue weighted by molar-refractivity contribution is 5.99. The van der Waals surface area contributed by atoms with Gasteiger partial charge in [-0.25, -0.2) is 4.39 Å². The van der Waals surface area contributed by atoms with Gasteiger partial charge in [0, 0.05) is 18.3 Å². The Morgan fingerprint density at radius 1 is 1.40 bits per heavy atom. The molecule has 0 radical (unpaired) electrons. The zero-order chi connectivity index (χ0) is 15.3. The van der Waals surface area contributed by atoms with E-state index in [4.69, 9.17) is 5.73 Å². The van der Waals surface area contributed by atoms with E-state index in [0.29, 0.717) is 12.5 Å². The minimum atomic E-state index is -0.462. The van der Waals surface area contributed by atoms with E-state index >= 15 is 0 Å². The van der Waals surface area contributed by atoms with Crippen LogP contribution in [-0.4, -0.2) is 37.5 Å². The van der Waals surface area contributed by atoms with Crippen LogP contribution in [0.2, 0.25) is 0 Å². The highest BCUT2D eigenvalue weighted by Gasteiger charge is 2.16. The van der Waals surface area contributed by atoms with Crippen molar-refractivity contribution in [2.75, 3.05) is 26.4 Å². The van der Waals surface area contributed by atoms with Crippen LogP contribution in [0.15, 0.2) is 18.2 Å². The van der Waals surface area contributed by atoms with E-state index < -0.39 is 5.82 Å². The molecule has 0 fully saturated rings. The van der Waals surface area contributed by atoms with Gasteiger partial charge in [-0.2, -0.15) is 0 Å². The Balaban J connectivity index is 2.68. The van der Waals surface area contributed by atoms with Gasteiger partial charge >= 0.3 is 0 Å². The first-order chi connectivity index (χ1) is 9.31. The summed E-state index contributed by atoms with van der Waals surface area (Å²) in [6, 6.07) is 4.06. The zero-order valence-electron chi connectivity index (χ0n) is 12.6. The molecule has 112 valence electrons. The number of hydrogen-bond donors (Lipinski definition) is 2. The maximum Gasteiger partial charge on any atom is 0.253 e. The molecule has 1 rings (SSSR count). The maximum absolute atomic E-state index is 13.2. The standard InChI is InChI=1S/C15H24FN3O/c1-10(2)7-12(19(3)4)9-18-15(20)13-8-11(16)5-6-14(13)17/h5-6,8,10,12H,7,9,17H2,1-4H3,(H,18,20). The summed E-state index contributed by atoms with van der Waals surface area (Å²) in [6.45, 7) is 4.80. The highest BCUT2D eigenvalue weighted by Crippen LogP contribution is 2.14. The van der Waals surface area contributed by atoms with Gasteiger partial charge in [0.05, 0.1) is 5.56 Å². The van der Waals surface area contributed by atoms with Crippen molar-refractivity contribution in [3.05, 3.63) is 29.6 Å². The summed E-state index contributed by atoms with van der Waals surface area (Å²) in [5.41, 5.74) is 6.17. The van der Waals surface area contributed by atoms with Crippen LogP contribution < -0.4 is 11.1 Å². The second-order valence-electron chi connectivity index (χ2n) is 5.69. The summed E-state index contributed by atoms with van der Waals surface area (Å²) in [6.07, 6.45) is 0.978. The highest BCUT2D eigenvalue weighted by atomic mass is 19.1. The van der Waals surface area contributed by atoms with Crippen molar-refractivity contribution in [2.45, 2.75) is 26.3 Å². The van der Waals surface area contributed by atoms with Crippen LogP contribution >= 0.6 is 0 Å². The van der Waals surface area contributed by atoms with Crippen molar-refractivity contribution < 1.29 is 9.18 Å². The third-order valence-corrected chi connectivity index (χ3v) is 3.23. The smallest absolute Gasteiger partial charge is 0.253 e. The van der Waals surface area contributed by atoms with E-state index in [1.165, 1.54) is 12.1 Å². The van der Waals surface area contributed by atoms with Gasteiger partial charge in [0.1, 0.15) is 5.82 Å². The first-order valence-corrected chi connectivity index (χ1v) is 6.81. The van der Waals surface area contributed by atoms with Crippen LogP contribution in [0.3, 0.4) is 0 Å². The predicted octanol–water partition coefficient (Wildman–Crippen LogP) is 2.11. The lowest BCUT2D eigenvalue weighted by Crippen LogP contribution is -2.41. The molecule has 20 heavy (non-hydrogen) atoms. The number of benzene rings is 1. The Bertz CT molecular complexity index is 460. The summed E-state index contributed by atoms with van der Waals surface area (Å²) in [7, 11) is 3.96. The molecule has 0 aliphatic rings. The van der Waals surface area contributed by atoms with Crippen LogP contribution in [0.4, 0.5) is 10.1 Å². The van der Waals surface area contributed by atoms with Gasteiger partial charge in [0.2, 0.25) is 0 Å². The topological polar surface area (TPSA) is 58.4 Å². The van der Waals surface area contributed by atoms with Gasteiger partial charge in [0.25, 0.3) is 5.91 Å². The molecule has 4 nitrogen and oxygen atoms in total. The molecule has 0 saturated carbocycles. The number of nitrogens with two attached hydrogens (primary N) is 1. The van der Waals surface area contributed by atoms with E-state index in [1.807, 2.05) is 14.1 Å². The van der Waals surface area contributed by atoms with Gasteiger partial charge < -0.3 is 16.0 Å². The molecule has 1 atom stereocenters. The molecule has 0 bridgehead atoms. The van der Waals surface area contributed by atoms with Gasteiger partial charge in [-0.15, -0.1) is 0 Å². The Kier molecular flexibility index (Phi) is 5.95. The maximum atomic E-state index is 13.2. The number of rotatable bonds is 6. The van der Waals surface area contributed by atoms with Crippen LogP contribution in [0, 0.1) is 11.7 Å². The quantitative estimate of drug-likeness (QED) is 0.785. The molecule has 1 amide bonds. The number of likely N-dealkylation sites (N-methyl/N-ethyl adjacent to an activating group) is 1. The van der Waals surface area contributed by atoms with E-state index in [2.05, 4.69) is 24.1 Å². The number of hydrogen-bond acceptors (Lipinski definition) is 3. The van der Waals surface area contributed by atoms with Gasteiger partial charge in [-0.05, 0) is 44.6 Å². The first-order valence-electron chi connectivity index (χ1n) is 6.81. The van der Waals surface area contributed by atoms with Crippen molar-refractivity contribution in [3.8, 4) is 0 Å². The first kappa shape index (κ1) is 16.4. The molecule has 1 unspecified atom stereocenters. The van der Waals surface area contributed by atoms with Crippen molar-refractivity contribution in [1.82, 2.24) is 10.2 Å². The average molecular weight is 281 g/mol. The van der Waals surface area contributed by atoms with Crippen LogP contribution in [0.5, 0.6) is 0 Å².